The van der Waals surface area contributed by atoms with Gasteiger partial charge in [-0.15, -0.1) is 0 Å². The van der Waals surface area contributed by atoms with E-state index in [2.05, 4.69) is 22.8 Å². The number of nitrogens with one attached hydrogen (secondary N) is 3. The molecule has 0 amide bonds. The standard InChI is InChI=1S/C11H15N3OS/c1-15-10-4-2-9(3-5-10)6-14-7-12-11(16)13-8-14/h2-5H,6-8H2,1H3,(H2,12,13,16)/p+1. The zero-order valence-corrected chi connectivity index (χ0v) is 10.1. The van der Waals surface area contributed by atoms with Crippen molar-refractivity contribution < 1.29 is 9.64 Å². The lowest BCUT2D eigenvalue weighted by molar-refractivity contribution is -0.920. The molecule has 0 aromatic heterocycles. The number of hydrogen-bond donors (Lipinski definition) is 3. The second-order valence-corrected chi connectivity index (χ2v) is 4.22. The minimum atomic E-state index is 0.749. The van der Waals surface area contributed by atoms with E-state index in [0.29, 0.717) is 0 Å². The summed E-state index contributed by atoms with van der Waals surface area (Å²) in [6.07, 6.45) is 0. The van der Waals surface area contributed by atoms with Crippen LogP contribution in [-0.4, -0.2) is 25.6 Å². The Hall–Kier alpha value is -1.33. The molecule has 3 N–H and O–H groups in total. The molecule has 0 unspecified atom stereocenters. The Morgan fingerprint density at radius 1 is 1.25 bits per heavy atom. The van der Waals surface area contributed by atoms with Crippen molar-refractivity contribution in [2.75, 3.05) is 20.4 Å². The third kappa shape index (κ3) is 2.84. The summed E-state index contributed by atoms with van der Waals surface area (Å²) < 4.78 is 5.12. The average molecular weight is 238 g/mol. The SMILES string of the molecule is COc1ccc(C[NH+]2CNC(=S)NC2)cc1. The number of methoxy groups -OCH3 is 1. The maximum absolute atomic E-state index is 5.12. The van der Waals surface area contributed by atoms with Crippen molar-refractivity contribution in [2.24, 2.45) is 0 Å². The molecule has 0 saturated carbocycles. The number of thiocarbonyl (C=S) groups is 1. The van der Waals surface area contributed by atoms with Gasteiger partial charge in [-0.2, -0.15) is 0 Å². The first-order valence-corrected chi connectivity index (χ1v) is 5.67. The van der Waals surface area contributed by atoms with Crippen molar-refractivity contribution in [1.82, 2.24) is 10.6 Å². The van der Waals surface area contributed by atoms with Gasteiger partial charge in [0.25, 0.3) is 0 Å². The predicted octanol–water partition coefficient (Wildman–Crippen LogP) is -0.527. The molecule has 1 saturated heterocycles. The highest BCUT2D eigenvalue weighted by molar-refractivity contribution is 7.80. The van der Waals surface area contributed by atoms with Crippen LogP contribution in [0.25, 0.3) is 0 Å². The van der Waals surface area contributed by atoms with Crippen LogP contribution in [0, 0.1) is 0 Å². The maximum atomic E-state index is 5.12. The molecule has 86 valence electrons. The van der Waals surface area contributed by atoms with Crippen molar-refractivity contribution in [3.8, 4) is 5.75 Å². The van der Waals surface area contributed by atoms with E-state index in [-0.39, 0.29) is 0 Å². The van der Waals surface area contributed by atoms with Crippen molar-refractivity contribution in [1.29, 1.82) is 0 Å². The van der Waals surface area contributed by atoms with Crippen LogP contribution >= 0.6 is 12.2 Å². The number of ether oxygens (including phenoxy) is 1. The van der Waals surface area contributed by atoms with Gasteiger partial charge in [0.15, 0.2) is 18.4 Å². The Morgan fingerprint density at radius 2 is 1.88 bits per heavy atom. The lowest BCUT2D eigenvalue weighted by Crippen LogP contribution is -3.16. The minimum absolute atomic E-state index is 0.749. The maximum Gasteiger partial charge on any atom is 0.174 e. The van der Waals surface area contributed by atoms with Gasteiger partial charge in [0.1, 0.15) is 12.3 Å². The zero-order chi connectivity index (χ0) is 11.4. The van der Waals surface area contributed by atoms with Crippen LogP contribution in [0.4, 0.5) is 0 Å². The monoisotopic (exact) mass is 238 g/mol. The molecule has 1 heterocycles. The summed E-state index contributed by atoms with van der Waals surface area (Å²) in [4.78, 5) is 1.42. The fourth-order valence-corrected chi connectivity index (χ4v) is 1.84. The predicted molar refractivity (Wildman–Crippen MR) is 66.3 cm³/mol. The highest BCUT2D eigenvalue weighted by Gasteiger charge is 2.14. The Morgan fingerprint density at radius 3 is 2.44 bits per heavy atom. The highest BCUT2D eigenvalue weighted by Crippen LogP contribution is 2.10. The molecule has 0 aliphatic carbocycles. The Bertz CT molecular complexity index is 356. The molecule has 16 heavy (non-hydrogen) atoms. The Labute approximate surface area is 101 Å². The second kappa shape index (κ2) is 5.14. The van der Waals surface area contributed by atoms with Gasteiger partial charge in [-0.05, 0) is 36.5 Å². The fraction of sp³-hybridized carbons (Fsp3) is 0.364. The van der Waals surface area contributed by atoms with E-state index in [1.54, 1.807) is 7.11 Å². The molecule has 0 atom stereocenters. The van der Waals surface area contributed by atoms with Crippen LogP contribution in [0.15, 0.2) is 24.3 Å². The van der Waals surface area contributed by atoms with Gasteiger partial charge in [-0.3, -0.25) is 4.90 Å². The quantitative estimate of drug-likeness (QED) is 0.619. The first-order chi connectivity index (χ1) is 7.78. The number of quaternary nitrogens is 1. The van der Waals surface area contributed by atoms with Crippen LogP contribution in [-0.2, 0) is 6.54 Å². The van der Waals surface area contributed by atoms with E-state index < -0.39 is 0 Å². The van der Waals surface area contributed by atoms with E-state index in [9.17, 15) is 0 Å². The van der Waals surface area contributed by atoms with E-state index in [4.69, 9.17) is 17.0 Å². The number of rotatable bonds is 3. The third-order valence-electron chi connectivity index (χ3n) is 2.61. The molecule has 2 rings (SSSR count). The van der Waals surface area contributed by atoms with Crippen molar-refractivity contribution in [3.05, 3.63) is 29.8 Å². The lowest BCUT2D eigenvalue weighted by atomic mass is 10.2. The summed E-state index contributed by atoms with van der Waals surface area (Å²) in [5.74, 6) is 0.898. The van der Waals surface area contributed by atoms with E-state index in [0.717, 1.165) is 30.7 Å². The number of hydrogen-bond acceptors (Lipinski definition) is 2. The molecule has 1 aromatic carbocycles. The molecular formula is C11H16N3OS+. The smallest absolute Gasteiger partial charge is 0.174 e. The van der Waals surface area contributed by atoms with Crippen molar-refractivity contribution in [3.63, 3.8) is 0 Å². The normalized spacial score (nSPS) is 16.4. The van der Waals surface area contributed by atoms with E-state index >= 15 is 0 Å². The van der Waals surface area contributed by atoms with Gasteiger partial charge in [0.2, 0.25) is 0 Å². The van der Waals surface area contributed by atoms with Gasteiger partial charge >= 0.3 is 0 Å². The van der Waals surface area contributed by atoms with Crippen LogP contribution in [0.5, 0.6) is 5.75 Å². The van der Waals surface area contributed by atoms with Gasteiger partial charge in [0, 0.05) is 5.56 Å². The first kappa shape index (κ1) is 11.2. The lowest BCUT2D eigenvalue weighted by Gasteiger charge is -2.26. The largest absolute Gasteiger partial charge is 0.497 e. The Kier molecular flexibility index (Phi) is 3.58. The van der Waals surface area contributed by atoms with Gasteiger partial charge in [-0.1, -0.05) is 0 Å². The molecule has 0 radical (unpaired) electrons. The summed E-state index contributed by atoms with van der Waals surface area (Å²) in [6, 6.07) is 8.17. The zero-order valence-electron chi connectivity index (χ0n) is 9.25. The molecule has 0 spiro atoms. The minimum Gasteiger partial charge on any atom is -0.497 e. The molecule has 4 nitrogen and oxygen atoms in total. The Balaban J connectivity index is 1.90. The van der Waals surface area contributed by atoms with Crippen LogP contribution < -0.4 is 20.3 Å². The van der Waals surface area contributed by atoms with Crippen LogP contribution in [0.3, 0.4) is 0 Å². The average Bonchev–Trinajstić information content (AvgIpc) is 2.33. The summed E-state index contributed by atoms with van der Waals surface area (Å²) in [7, 11) is 1.68. The molecule has 1 aromatic rings. The molecule has 1 fully saturated rings. The van der Waals surface area contributed by atoms with E-state index in [1.807, 2.05) is 12.1 Å². The van der Waals surface area contributed by atoms with Crippen molar-refractivity contribution >= 4 is 17.3 Å². The summed E-state index contributed by atoms with van der Waals surface area (Å²) >= 11 is 5.00. The van der Waals surface area contributed by atoms with Gasteiger partial charge in [0.05, 0.1) is 7.11 Å². The van der Waals surface area contributed by atoms with Gasteiger partial charge < -0.3 is 15.4 Å². The van der Waals surface area contributed by atoms with E-state index in [1.165, 1.54) is 10.5 Å². The molecule has 5 heteroatoms. The molecule has 1 aliphatic heterocycles. The van der Waals surface area contributed by atoms with Crippen LogP contribution in [0.1, 0.15) is 5.56 Å². The third-order valence-corrected chi connectivity index (χ3v) is 2.90. The summed E-state index contributed by atoms with van der Waals surface area (Å²) in [5.41, 5.74) is 1.30. The summed E-state index contributed by atoms with van der Waals surface area (Å²) in [6.45, 7) is 2.72. The topological polar surface area (TPSA) is 37.7 Å². The highest BCUT2D eigenvalue weighted by atomic mass is 32.1. The first-order valence-electron chi connectivity index (χ1n) is 5.26. The second-order valence-electron chi connectivity index (χ2n) is 3.81. The fourth-order valence-electron chi connectivity index (χ4n) is 1.69. The molecule has 0 bridgehead atoms. The van der Waals surface area contributed by atoms with Crippen molar-refractivity contribution in [2.45, 2.75) is 6.54 Å². The summed E-state index contributed by atoms with van der Waals surface area (Å²) in [5, 5.41) is 7.02. The van der Waals surface area contributed by atoms with Crippen LogP contribution in [0.2, 0.25) is 0 Å². The molecular weight excluding hydrogens is 222 g/mol. The molecule has 1 aliphatic rings. The number of benzene rings is 1. The van der Waals surface area contributed by atoms with Gasteiger partial charge in [-0.25, -0.2) is 0 Å².